The van der Waals surface area contributed by atoms with Crippen LogP contribution in [-0.2, 0) is 11.2 Å². The van der Waals surface area contributed by atoms with Crippen LogP contribution in [0.25, 0.3) is 11.1 Å². The monoisotopic (exact) mass is 385 g/mol. The van der Waals surface area contributed by atoms with Crippen molar-refractivity contribution in [2.24, 2.45) is 0 Å². The highest BCUT2D eigenvalue weighted by atomic mass is 16.5. The number of aromatic nitrogens is 1. The van der Waals surface area contributed by atoms with E-state index in [0.717, 1.165) is 55.4 Å². The zero-order valence-corrected chi connectivity index (χ0v) is 15.6. The summed E-state index contributed by atoms with van der Waals surface area (Å²) in [7, 11) is 0. The number of rotatable bonds is 6. The van der Waals surface area contributed by atoms with Crippen molar-refractivity contribution in [3.05, 3.63) is 48.3 Å². The predicted molar refractivity (Wildman–Crippen MR) is 117 cm³/mol. The Morgan fingerprint density at radius 3 is 2.25 bits per heavy atom. The van der Waals surface area contributed by atoms with Gasteiger partial charge in [0.2, 0.25) is 0 Å². The highest BCUT2D eigenvalue weighted by molar-refractivity contribution is 5.63. The van der Waals surface area contributed by atoms with Gasteiger partial charge in [0.1, 0.15) is 12.4 Å². The Morgan fingerprint density at radius 1 is 1.04 bits per heavy atom. The summed E-state index contributed by atoms with van der Waals surface area (Å²) in [5.41, 5.74) is 2.92. The summed E-state index contributed by atoms with van der Waals surface area (Å²) in [6, 6.07) is 14.0. The second-order valence-electron chi connectivity index (χ2n) is 5.70. The van der Waals surface area contributed by atoms with Crippen LogP contribution in [0.15, 0.2) is 42.6 Å². The van der Waals surface area contributed by atoms with E-state index in [1.807, 2.05) is 50.2 Å². The van der Waals surface area contributed by atoms with E-state index in [0.29, 0.717) is 13.0 Å². The van der Waals surface area contributed by atoms with Gasteiger partial charge >= 0.3 is 0 Å². The van der Waals surface area contributed by atoms with Crippen LogP contribution in [-0.4, -0.2) is 49.3 Å². The first-order valence-corrected chi connectivity index (χ1v) is 9.20. The summed E-state index contributed by atoms with van der Waals surface area (Å²) in [5.74, 6) is 0.876. The van der Waals surface area contributed by atoms with Gasteiger partial charge < -0.3 is 9.47 Å². The second kappa shape index (κ2) is 14.6. The maximum absolute atomic E-state index is 8.68. The number of ether oxygens (including phenoxy) is 2. The molecule has 0 saturated carbocycles. The van der Waals surface area contributed by atoms with E-state index in [9.17, 15) is 0 Å². The summed E-state index contributed by atoms with van der Waals surface area (Å²) in [6.45, 7) is 9.21. The molecule has 154 valence electrons. The number of hydrogen-bond donors (Lipinski definition) is 0. The second-order valence-corrected chi connectivity index (χ2v) is 5.70. The third-order valence-electron chi connectivity index (χ3n) is 4.05. The quantitative estimate of drug-likeness (QED) is 0.713. The molecule has 3 rings (SSSR count). The first-order valence-electron chi connectivity index (χ1n) is 9.20. The van der Waals surface area contributed by atoms with Gasteiger partial charge in [0, 0.05) is 31.4 Å². The molecular weight excluding hydrogens is 350 g/mol. The Hall–Kier alpha value is -2.42. The number of benzene rings is 1. The number of nitrogens with zero attached hydrogens (tertiary/aromatic N) is 3. The standard InChI is InChI=1S/C19H21N3O2.C2H6.2CH4/c20-8-7-18-4-1-17(15-21-18)16-2-5-19(6-3-16)24-14-11-22-9-12-23-13-10-22;1-2;;/h1-6,15H,7,9-14H2;1-2H3;2*1H4. The predicted octanol–water partition coefficient (Wildman–Crippen LogP) is 4.82. The summed E-state index contributed by atoms with van der Waals surface area (Å²) >= 11 is 0. The Kier molecular flexibility index (Phi) is 13.4. The third-order valence-corrected chi connectivity index (χ3v) is 4.05. The molecule has 0 N–H and O–H groups in total. The molecule has 2 heterocycles. The van der Waals surface area contributed by atoms with E-state index in [2.05, 4.69) is 16.0 Å². The van der Waals surface area contributed by atoms with Crippen LogP contribution in [0, 0.1) is 11.3 Å². The Bertz CT molecular complexity index is 672. The average molecular weight is 386 g/mol. The lowest BCUT2D eigenvalue weighted by atomic mass is 10.1. The van der Waals surface area contributed by atoms with Gasteiger partial charge in [-0.1, -0.05) is 46.9 Å². The summed E-state index contributed by atoms with van der Waals surface area (Å²) in [4.78, 5) is 6.65. The van der Waals surface area contributed by atoms with Crippen LogP contribution in [0.3, 0.4) is 0 Å². The fraction of sp³-hybridized carbons (Fsp3) is 0.478. The molecule has 0 spiro atoms. The van der Waals surface area contributed by atoms with Crippen molar-refractivity contribution in [3.8, 4) is 22.9 Å². The molecule has 1 aromatic carbocycles. The molecule has 0 amide bonds. The normalized spacial score (nSPS) is 13.0. The van der Waals surface area contributed by atoms with E-state index in [4.69, 9.17) is 14.7 Å². The molecule has 0 atom stereocenters. The van der Waals surface area contributed by atoms with Crippen molar-refractivity contribution in [1.82, 2.24) is 9.88 Å². The molecule has 1 aliphatic heterocycles. The minimum atomic E-state index is 0. The van der Waals surface area contributed by atoms with E-state index in [-0.39, 0.29) is 14.9 Å². The Morgan fingerprint density at radius 2 is 1.68 bits per heavy atom. The van der Waals surface area contributed by atoms with Gasteiger partial charge in [-0.05, 0) is 23.8 Å². The zero-order valence-electron chi connectivity index (χ0n) is 15.6. The molecule has 0 bridgehead atoms. The maximum Gasteiger partial charge on any atom is 0.119 e. The van der Waals surface area contributed by atoms with Crippen LogP contribution in [0.1, 0.15) is 34.4 Å². The van der Waals surface area contributed by atoms with Gasteiger partial charge in [-0.25, -0.2) is 0 Å². The molecule has 5 nitrogen and oxygen atoms in total. The summed E-state index contributed by atoms with van der Waals surface area (Å²) in [5, 5.41) is 8.68. The molecule has 0 unspecified atom stereocenters. The van der Waals surface area contributed by atoms with Crippen molar-refractivity contribution in [2.45, 2.75) is 35.1 Å². The molecule has 1 fully saturated rings. The van der Waals surface area contributed by atoms with Crippen molar-refractivity contribution < 1.29 is 9.47 Å². The van der Waals surface area contributed by atoms with Gasteiger partial charge in [0.05, 0.1) is 31.4 Å². The van der Waals surface area contributed by atoms with E-state index >= 15 is 0 Å². The Balaban J connectivity index is 0.00000177. The molecule has 0 aliphatic carbocycles. The van der Waals surface area contributed by atoms with Crippen LogP contribution < -0.4 is 4.74 Å². The van der Waals surface area contributed by atoms with Gasteiger partial charge in [-0.3, -0.25) is 9.88 Å². The van der Waals surface area contributed by atoms with Crippen molar-refractivity contribution in [1.29, 1.82) is 5.26 Å². The third kappa shape index (κ3) is 8.08. The summed E-state index contributed by atoms with van der Waals surface area (Å²) in [6.07, 6.45) is 2.15. The van der Waals surface area contributed by atoms with Crippen molar-refractivity contribution in [3.63, 3.8) is 0 Å². The smallest absolute Gasteiger partial charge is 0.119 e. The van der Waals surface area contributed by atoms with Crippen LogP contribution in [0.5, 0.6) is 5.75 Å². The largest absolute Gasteiger partial charge is 0.492 e. The average Bonchev–Trinajstić information content (AvgIpc) is 2.72. The number of pyridine rings is 1. The fourth-order valence-electron chi connectivity index (χ4n) is 2.64. The number of morpholine rings is 1. The minimum absolute atomic E-state index is 0. The first kappa shape index (κ1) is 25.6. The minimum Gasteiger partial charge on any atom is -0.492 e. The van der Waals surface area contributed by atoms with Crippen LogP contribution in [0.2, 0.25) is 0 Å². The molecule has 1 aromatic heterocycles. The van der Waals surface area contributed by atoms with Gasteiger partial charge in [-0.15, -0.1) is 0 Å². The number of nitriles is 1. The molecular formula is C23H35N3O2. The van der Waals surface area contributed by atoms with Crippen LogP contribution in [0.4, 0.5) is 0 Å². The lowest BCUT2D eigenvalue weighted by molar-refractivity contribution is 0.0322. The molecule has 1 aliphatic rings. The van der Waals surface area contributed by atoms with Crippen molar-refractivity contribution in [2.75, 3.05) is 39.5 Å². The lowest BCUT2D eigenvalue weighted by Crippen LogP contribution is -2.38. The zero-order chi connectivity index (χ0) is 18.6. The van der Waals surface area contributed by atoms with Gasteiger partial charge in [-0.2, -0.15) is 5.26 Å². The molecule has 1 saturated heterocycles. The SMILES string of the molecule is C.C.CC.N#CCc1ccc(-c2ccc(OCCN3CCOCC3)cc2)cn1. The summed E-state index contributed by atoms with van der Waals surface area (Å²) < 4.78 is 11.2. The molecule has 0 radical (unpaired) electrons. The maximum atomic E-state index is 8.68. The molecule has 5 heteroatoms. The van der Waals surface area contributed by atoms with E-state index in [1.54, 1.807) is 6.20 Å². The van der Waals surface area contributed by atoms with Crippen LogP contribution >= 0.6 is 0 Å². The topological polar surface area (TPSA) is 58.4 Å². The van der Waals surface area contributed by atoms with Gasteiger partial charge in [0.25, 0.3) is 0 Å². The van der Waals surface area contributed by atoms with E-state index in [1.165, 1.54) is 0 Å². The van der Waals surface area contributed by atoms with E-state index < -0.39 is 0 Å². The van der Waals surface area contributed by atoms with Crippen molar-refractivity contribution >= 4 is 0 Å². The highest BCUT2D eigenvalue weighted by Gasteiger charge is 2.09. The van der Waals surface area contributed by atoms with Gasteiger partial charge in [0.15, 0.2) is 0 Å². The first-order chi connectivity index (χ1) is 12.8. The highest BCUT2D eigenvalue weighted by Crippen LogP contribution is 2.22. The fourth-order valence-corrected chi connectivity index (χ4v) is 2.64. The Labute approximate surface area is 170 Å². The molecule has 2 aromatic rings. The lowest BCUT2D eigenvalue weighted by Gasteiger charge is -2.26. The molecule has 28 heavy (non-hydrogen) atoms. The number of hydrogen-bond acceptors (Lipinski definition) is 5.